The van der Waals surface area contributed by atoms with Crippen molar-refractivity contribution in [2.75, 3.05) is 26.2 Å². The maximum absolute atomic E-state index is 14.0. The van der Waals surface area contributed by atoms with Gasteiger partial charge in [0.05, 0.1) is 6.54 Å². The number of carbonyl (C=O) groups excluding carboxylic acids is 2. The summed E-state index contributed by atoms with van der Waals surface area (Å²) in [5, 5.41) is 2.65. The van der Waals surface area contributed by atoms with Crippen molar-refractivity contribution in [3.8, 4) is 0 Å². The van der Waals surface area contributed by atoms with Gasteiger partial charge in [0.2, 0.25) is 21.8 Å². The Morgan fingerprint density at radius 2 is 1.76 bits per heavy atom. The van der Waals surface area contributed by atoms with Gasteiger partial charge in [-0.15, -0.1) is 0 Å². The van der Waals surface area contributed by atoms with E-state index in [1.807, 2.05) is 37.3 Å². The molecule has 0 saturated carbocycles. The summed E-state index contributed by atoms with van der Waals surface area (Å²) in [5.74, 6) is -2.87. The Balaban J connectivity index is 1.52. The fourth-order valence-electron chi connectivity index (χ4n) is 3.77. The van der Waals surface area contributed by atoms with Crippen LogP contribution in [-0.4, -0.2) is 55.6 Å². The standard InChI is InChI=1S/C23H27F2N3O4S/c1-2-27(16-17-6-4-3-5-7-17)22(29)15-26-23(30)18-10-12-28(13-11-18)33(31,32)21-14-19(24)8-9-20(21)25/h3-9,14,18H,2,10-13,15-16H2,1H3,(H,26,30). The molecule has 0 spiro atoms. The lowest BCUT2D eigenvalue weighted by Gasteiger charge is -2.30. The highest BCUT2D eigenvalue weighted by Crippen LogP contribution is 2.26. The highest BCUT2D eigenvalue weighted by molar-refractivity contribution is 7.89. The summed E-state index contributed by atoms with van der Waals surface area (Å²) in [7, 11) is -4.21. The van der Waals surface area contributed by atoms with Gasteiger partial charge in [0, 0.05) is 32.1 Å². The van der Waals surface area contributed by atoms with Gasteiger partial charge in [-0.1, -0.05) is 30.3 Å². The van der Waals surface area contributed by atoms with Crippen molar-refractivity contribution in [2.24, 2.45) is 5.92 Å². The summed E-state index contributed by atoms with van der Waals surface area (Å²) in [6, 6.07) is 11.8. The third-order valence-electron chi connectivity index (χ3n) is 5.70. The van der Waals surface area contributed by atoms with E-state index >= 15 is 0 Å². The van der Waals surface area contributed by atoms with E-state index in [0.717, 1.165) is 22.0 Å². The van der Waals surface area contributed by atoms with Crippen LogP contribution in [-0.2, 0) is 26.2 Å². The number of rotatable bonds is 8. The van der Waals surface area contributed by atoms with Crippen molar-refractivity contribution in [3.05, 3.63) is 65.7 Å². The van der Waals surface area contributed by atoms with Crippen LogP contribution in [0.1, 0.15) is 25.3 Å². The quantitative estimate of drug-likeness (QED) is 0.631. The van der Waals surface area contributed by atoms with Gasteiger partial charge >= 0.3 is 0 Å². The lowest BCUT2D eigenvalue weighted by atomic mass is 9.97. The minimum absolute atomic E-state index is 0.000583. The predicted octanol–water partition coefficient (Wildman–Crippen LogP) is 2.53. The maximum atomic E-state index is 14.0. The minimum Gasteiger partial charge on any atom is -0.347 e. The van der Waals surface area contributed by atoms with E-state index in [1.165, 1.54) is 0 Å². The van der Waals surface area contributed by atoms with Gasteiger partial charge in [0.25, 0.3) is 0 Å². The Morgan fingerprint density at radius 3 is 2.39 bits per heavy atom. The number of sulfonamides is 1. The topological polar surface area (TPSA) is 86.8 Å². The normalized spacial score (nSPS) is 15.2. The lowest BCUT2D eigenvalue weighted by molar-refractivity contribution is -0.134. The molecule has 1 aliphatic heterocycles. The Hall–Kier alpha value is -2.85. The summed E-state index contributed by atoms with van der Waals surface area (Å²) in [4.78, 5) is 26.0. The van der Waals surface area contributed by atoms with Crippen LogP contribution in [0.2, 0.25) is 0 Å². The summed E-state index contributed by atoms with van der Waals surface area (Å²) >= 11 is 0. The molecule has 7 nitrogen and oxygen atoms in total. The van der Waals surface area contributed by atoms with Crippen LogP contribution < -0.4 is 5.32 Å². The first-order valence-electron chi connectivity index (χ1n) is 10.8. The molecule has 10 heteroatoms. The van der Waals surface area contributed by atoms with Crippen molar-refractivity contribution < 1.29 is 26.8 Å². The number of hydrogen-bond donors (Lipinski definition) is 1. The highest BCUT2D eigenvalue weighted by atomic mass is 32.2. The molecule has 1 heterocycles. The van der Waals surface area contributed by atoms with Crippen LogP contribution in [0.15, 0.2) is 53.4 Å². The van der Waals surface area contributed by atoms with Gasteiger partial charge < -0.3 is 10.2 Å². The molecular formula is C23H27F2N3O4S. The van der Waals surface area contributed by atoms with E-state index in [1.54, 1.807) is 4.90 Å². The molecule has 1 aliphatic rings. The van der Waals surface area contributed by atoms with Crippen molar-refractivity contribution >= 4 is 21.8 Å². The molecule has 1 saturated heterocycles. The molecule has 3 rings (SSSR count). The van der Waals surface area contributed by atoms with Crippen molar-refractivity contribution in [1.82, 2.24) is 14.5 Å². The number of nitrogens with zero attached hydrogens (tertiary/aromatic N) is 2. The number of piperidine rings is 1. The first kappa shape index (κ1) is 24.8. The van der Waals surface area contributed by atoms with Crippen LogP contribution in [0.25, 0.3) is 0 Å². The molecule has 0 aromatic heterocycles. The second kappa shape index (κ2) is 10.8. The van der Waals surface area contributed by atoms with Gasteiger partial charge in [-0.3, -0.25) is 9.59 Å². The van der Waals surface area contributed by atoms with Crippen LogP contribution in [0, 0.1) is 17.6 Å². The zero-order valence-electron chi connectivity index (χ0n) is 18.3. The van der Waals surface area contributed by atoms with E-state index in [9.17, 15) is 26.8 Å². The Bertz CT molecular complexity index is 1090. The molecule has 1 N–H and O–H groups in total. The molecule has 2 aromatic rings. The number of hydrogen-bond acceptors (Lipinski definition) is 4. The first-order chi connectivity index (χ1) is 15.7. The molecule has 0 aliphatic carbocycles. The van der Waals surface area contributed by atoms with Crippen molar-refractivity contribution in [3.63, 3.8) is 0 Å². The SMILES string of the molecule is CCN(Cc1ccccc1)C(=O)CNC(=O)C1CCN(S(=O)(=O)c2cc(F)ccc2F)CC1. The molecule has 0 radical (unpaired) electrons. The summed E-state index contributed by atoms with van der Waals surface area (Å²) in [6.45, 7) is 2.65. The number of nitrogens with one attached hydrogen (secondary N) is 1. The van der Waals surface area contributed by atoms with E-state index in [4.69, 9.17) is 0 Å². The van der Waals surface area contributed by atoms with E-state index in [2.05, 4.69) is 5.32 Å². The third kappa shape index (κ3) is 6.14. The lowest BCUT2D eigenvalue weighted by Crippen LogP contribution is -2.45. The molecule has 33 heavy (non-hydrogen) atoms. The second-order valence-electron chi connectivity index (χ2n) is 7.86. The Morgan fingerprint density at radius 1 is 1.09 bits per heavy atom. The minimum atomic E-state index is -4.21. The third-order valence-corrected chi connectivity index (χ3v) is 7.61. The smallest absolute Gasteiger partial charge is 0.246 e. The van der Waals surface area contributed by atoms with Crippen molar-refractivity contribution in [2.45, 2.75) is 31.2 Å². The first-order valence-corrected chi connectivity index (χ1v) is 12.2. The fraction of sp³-hybridized carbons (Fsp3) is 0.391. The average Bonchev–Trinajstić information content (AvgIpc) is 2.83. The van der Waals surface area contributed by atoms with E-state index < -0.39 is 32.5 Å². The van der Waals surface area contributed by atoms with Crippen LogP contribution in [0.4, 0.5) is 8.78 Å². The monoisotopic (exact) mass is 479 g/mol. The number of amides is 2. The van der Waals surface area contributed by atoms with Crippen molar-refractivity contribution in [1.29, 1.82) is 0 Å². The molecule has 178 valence electrons. The number of halogens is 2. The van der Waals surface area contributed by atoms with Gasteiger partial charge in [-0.2, -0.15) is 4.31 Å². The largest absolute Gasteiger partial charge is 0.347 e. The highest BCUT2D eigenvalue weighted by Gasteiger charge is 2.34. The summed E-state index contributed by atoms with van der Waals surface area (Å²) in [5.41, 5.74) is 0.988. The number of likely N-dealkylation sites (N-methyl/N-ethyl adjacent to an activating group) is 1. The number of carbonyl (C=O) groups is 2. The average molecular weight is 480 g/mol. The molecular weight excluding hydrogens is 452 g/mol. The second-order valence-corrected chi connectivity index (χ2v) is 9.77. The number of benzene rings is 2. The molecule has 0 unspecified atom stereocenters. The van der Waals surface area contributed by atoms with Gasteiger partial charge in [-0.05, 0) is 43.5 Å². The van der Waals surface area contributed by atoms with Crippen LogP contribution in [0.3, 0.4) is 0 Å². The summed E-state index contributed by atoms with van der Waals surface area (Å²) < 4.78 is 53.8. The zero-order valence-corrected chi connectivity index (χ0v) is 19.2. The van der Waals surface area contributed by atoms with E-state index in [0.29, 0.717) is 19.2 Å². The van der Waals surface area contributed by atoms with Crippen LogP contribution >= 0.6 is 0 Å². The molecule has 0 bridgehead atoms. The predicted molar refractivity (Wildman–Crippen MR) is 118 cm³/mol. The molecule has 2 amide bonds. The fourth-order valence-corrected chi connectivity index (χ4v) is 5.32. The summed E-state index contributed by atoms with van der Waals surface area (Å²) in [6.07, 6.45) is 0.440. The van der Waals surface area contributed by atoms with E-state index in [-0.39, 0.29) is 44.3 Å². The van der Waals surface area contributed by atoms with Gasteiger partial charge in [-0.25, -0.2) is 17.2 Å². The molecule has 1 fully saturated rings. The molecule has 2 aromatic carbocycles. The maximum Gasteiger partial charge on any atom is 0.246 e. The zero-order chi connectivity index (χ0) is 24.0. The van der Waals surface area contributed by atoms with Crippen LogP contribution in [0.5, 0.6) is 0 Å². The van der Waals surface area contributed by atoms with Gasteiger partial charge in [0.1, 0.15) is 16.5 Å². The molecule has 0 atom stereocenters. The Kier molecular flexibility index (Phi) is 8.15. The Labute approximate surface area is 192 Å². The van der Waals surface area contributed by atoms with Gasteiger partial charge in [0.15, 0.2) is 0 Å².